The van der Waals surface area contributed by atoms with Gasteiger partial charge in [0.1, 0.15) is 5.82 Å². The summed E-state index contributed by atoms with van der Waals surface area (Å²) in [6, 6.07) is 0. The van der Waals surface area contributed by atoms with Gasteiger partial charge in [0.05, 0.1) is 24.9 Å². The molecule has 1 atom stereocenters. The van der Waals surface area contributed by atoms with E-state index < -0.39 is 0 Å². The quantitative estimate of drug-likeness (QED) is 0.700. The zero-order chi connectivity index (χ0) is 17.1. The molecular weight excluding hydrogens is 336 g/mol. The second-order valence-electron chi connectivity index (χ2n) is 6.07. The van der Waals surface area contributed by atoms with Crippen LogP contribution in [0.4, 0.5) is 5.82 Å². The Morgan fingerprint density at radius 2 is 2.12 bits per heavy atom. The predicted octanol–water partition coefficient (Wildman–Crippen LogP) is 2.57. The van der Waals surface area contributed by atoms with Crippen LogP contribution in [0.3, 0.4) is 0 Å². The molecule has 1 unspecified atom stereocenters. The smallest absolute Gasteiger partial charge is 0.257 e. The second-order valence-corrected chi connectivity index (χ2v) is 6.79. The number of anilines is 1. The maximum Gasteiger partial charge on any atom is 0.257 e. The largest absolute Gasteiger partial charge is 0.478 e. The summed E-state index contributed by atoms with van der Waals surface area (Å²) in [5, 5.41) is 2.08. The second kappa shape index (κ2) is 7.18. The summed E-state index contributed by atoms with van der Waals surface area (Å²) in [6.45, 7) is 2.59. The monoisotopic (exact) mass is 356 g/mol. The van der Waals surface area contributed by atoms with E-state index in [1.807, 2.05) is 17.9 Å². The van der Waals surface area contributed by atoms with Gasteiger partial charge in [0, 0.05) is 49.2 Å². The Bertz CT molecular complexity index is 818. The summed E-state index contributed by atoms with van der Waals surface area (Å²) in [6.07, 6.45) is 9.50. The molecule has 0 N–H and O–H groups in total. The summed E-state index contributed by atoms with van der Waals surface area (Å²) in [5.74, 6) is 2.86. The van der Waals surface area contributed by atoms with Gasteiger partial charge in [-0.25, -0.2) is 19.9 Å². The molecule has 3 aromatic heterocycles. The molecule has 0 aliphatic carbocycles. The summed E-state index contributed by atoms with van der Waals surface area (Å²) in [4.78, 5) is 20.0. The minimum Gasteiger partial charge on any atom is -0.478 e. The van der Waals surface area contributed by atoms with Crippen molar-refractivity contribution in [1.29, 1.82) is 0 Å². The lowest BCUT2D eigenvalue weighted by molar-refractivity contribution is 0.390. The van der Waals surface area contributed by atoms with E-state index in [4.69, 9.17) is 4.74 Å². The van der Waals surface area contributed by atoms with Crippen molar-refractivity contribution >= 4 is 17.2 Å². The molecule has 7 nitrogen and oxygen atoms in total. The summed E-state index contributed by atoms with van der Waals surface area (Å²) in [5.41, 5.74) is 2.95. The van der Waals surface area contributed by atoms with Gasteiger partial charge in [0.15, 0.2) is 5.82 Å². The predicted molar refractivity (Wildman–Crippen MR) is 96.2 cm³/mol. The van der Waals surface area contributed by atoms with Gasteiger partial charge in [-0.3, -0.25) is 0 Å². The number of thiazole rings is 1. The van der Waals surface area contributed by atoms with Gasteiger partial charge in [0.2, 0.25) is 0 Å². The van der Waals surface area contributed by atoms with E-state index in [9.17, 15) is 0 Å². The van der Waals surface area contributed by atoms with Crippen LogP contribution in [-0.4, -0.2) is 44.7 Å². The fraction of sp³-hybridized carbons (Fsp3) is 0.412. The average Bonchev–Trinajstić information content (AvgIpc) is 3.34. The number of aromatic nitrogens is 5. The van der Waals surface area contributed by atoms with Crippen LogP contribution >= 0.6 is 11.3 Å². The van der Waals surface area contributed by atoms with E-state index in [0.29, 0.717) is 11.8 Å². The molecule has 0 radical (unpaired) electrons. The molecule has 0 spiro atoms. The van der Waals surface area contributed by atoms with Gasteiger partial charge < -0.3 is 14.2 Å². The van der Waals surface area contributed by atoms with E-state index in [0.717, 1.165) is 49.8 Å². The standard InChI is InChI=1S/C17H20N6OS/c1-24-17-16(18-4-5-20-17)22-7-2-3-13(9-22)15-19-6-8-23(15)10-14-11-25-12-21-14/h4-6,8,11-13H,2-3,7,9-10H2,1H3. The molecule has 1 saturated heterocycles. The van der Waals surface area contributed by atoms with Crippen LogP contribution in [0.25, 0.3) is 0 Å². The maximum absolute atomic E-state index is 5.38. The van der Waals surface area contributed by atoms with E-state index in [-0.39, 0.29) is 0 Å². The first-order valence-corrected chi connectivity index (χ1v) is 9.27. The number of piperidine rings is 1. The third-order valence-electron chi connectivity index (χ3n) is 4.49. The lowest BCUT2D eigenvalue weighted by Crippen LogP contribution is -2.36. The minimum absolute atomic E-state index is 0.356. The molecule has 1 aliphatic heterocycles. The number of imidazole rings is 1. The van der Waals surface area contributed by atoms with Crippen LogP contribution in [0.2, 0.25) is 0 Å². The number of nitrogens with zero attached hydrogens (tertiary/aromatic N) is 6. The average molecular weight is 356 g/mol. The number of ether oxygens (including phenoxy) is 1. The topological polar surface area (TPSA) is 69.0 Å². The fourth-order valence-corrected chi connectivity index (χ4v) is 3.91. The van der Waals surface area contributed by atoms with Crippen LogP contribution in [-0.2, 0) is 6.54 Å². The lowest BCUT2D eigenvalue weighted by Gasteiger charge is -2.33. The number of methoxy groups -OCH3 is 1. The van der Waals surface area contributed by atoms with Gasteiger partial charge in [-0.1, -0.05) is 0 Å². The van der Waals surface area contributed by atoms with Crippen molar-refractivity contribution in [3.63, 3.8) is 0 Å². The molecule has 25 heavy (non-hydrogen) atoms. The van der Waals surface area contributed by atoms with E-state index in [2.05, 4.69) is 34.8 Å². The Labute approximate surface area is 150 Å². The van der Waals surface area contributed by atoms with Gasteiger partial charge >= 0.3 is 0 Å². The van der Waals surface area contributed by atoms with Gasteiger partial charge in [-0.2, -0.15) is 0 Å². The lowest BCUT2D eigenvalue weighted by atomic mass is 9.97. The molecule has 3 aromatic rings. The highest BCUT2D eigenvalue weighted by Gasteiger charge is 2.27. The van der Waals surface area contributed by atoms with Gasteiger partial charge in [-0.05, 0) is 12.8 Å². The van der Waals surface area contributed by atoms with E-state index in [1.54, 1.807) is 30.8 Å². The van der Waals surface area contributed by atoms with Crippen LogP contribution in [0, 0.1) is 0 Å². The highest BCUT2D eigenvalue weighted by atomic mass is 32.1. The summed E-state index contributed by atoms with van der Waals surface area (Å²) >= 11 is 1.62. The van der Waals surface area contributed by atoms with Crippen molar-refractivity contribution < 1.29 is 4.74 Å². The first-order valence-electron chi connectivity index (χ1n) is 8.33. The molecule has 1 aliphatic rings. The third-order valence-corrected chi connectivity index (χ3v) is 5.12. The molecule has 130 valence electrons. The van der Waals surface area contributed by atoms with E-state index >= 15 is 0 Å². The van der Waals surface area contributed by atoms with Crippen molar-refractivity contribution in [3.05, 3.63) is 47.2 Å². The number of hydrogen-bond donors (Lipinski definition) is 0. The molecule has 0 aromatic carbocycles. The Morgan fingerprint density at radius 1 is 1.20 bits per heavy atom. The van der Waals surface area contributed by atoms with Gasteiger partial charge in [0.25, 0.3) is 5.88 Å². The first-order chi connectivity index (χ1) is 12.3. The summed E-state index contributed by atoms with van der Waals surface area (Å²) in [7, 11) is 1.63. The van der Waals surface area contributed by atoms with Gasteiger partial charge in [-0.15, -0.1) is 11.3 Å². The molecule has 4 rings (SSSR count). The van der Waals surface area contributed by atoms with Crippen LogP contribution < -0.4 is 9.64 Å². The normalized spacial score (nSPS) is 17.6. The Kier molecular flexibility index (Phi) is 4.60. The van der Waals surface area contributed by atoms with Crippen LogP contribution in [0.1, 0.15) is 30.3 Å². The van der Waals surface area contributed by atoms with Crippen LogP contribution in [0.15, 0.2) is 35.7 Å². The molecule has 0 bridgehead atoms. The maximum atomic E-state index is 5.38. The van der Waals surface area contributed by atoms with Crippen molar-refractivity contribution in [2.24, 2.45) is 0 Å². The minimum atomic E-state index is 0.356. The van der Waals surface area contributed by atoms with Crippen molar-refractivity contribution in [1.82, 2.24) is 24.5 Å². The van der Waals surface area contributed by atoms with Crippen molar-refractivity contribution in [3.8, 4) is 5.88 Å². The number of hydrogen-bond acceptors (Lipinski definition) is 7. The SMILES string of the molecule is COc1nccnc1N1CCCC(c2nccn2Cc2cscn2)C1. The number of rotatable bonds is 5. The fourth-order valence-electron chi connectivity index (χ4n) is 3.36. The molecule has 8 heteroatoms. The molecule has 4 heterocycles. The molecule has 1 fully saturated rings. The molecule has 0 amide bonds. The first kappa shape index (κ1) is 16.0. The zero-order valence-corrected chi connectivity index (χ0v) is 14.9. The molecular formula is C17H20N6OS. The summed E-state index contributed by atoms with van der Waals surface area (Å²) < 4.78 is 7.58. The molecule has 0 saturated carbocycles. The Morgan fingerprint density at radius 3 is 2.96 bits per heavy atom. The zero-order valence-electron chi connectivity index (χ0n) is 14.1. The highest BCUT2D eigenvalue weighted by molar-refractivity contribution is 7.07. The van der Waals surface area contributed by atoms with Crippen LogP contribution in [0.5, 0.6) is 5.88 Å². The van der Waals surface area contributed by atoms with Crippen molar-refractivity contribution in [2.45, 2.75) is 25.3 Å². The van der Waals surface area contributed by atoms with Crippen molar-refractivity contribution in [2.75, 3.05) is 25.1 Å². The van der Waals surface area contributed by atoms with E-state index in [1.165, 1.54) is 0 Å². The highest BCUT2D eigenvalue weighted by Crippen LogP contribution is 2.31. The Hall–Kier alpha value is -2.48. The third kappa shape index (κ3) is 3.34. The Balaban J connectivity index is 1.55.